The maximum Gasteiger partial charge on any atom is 0.410 e. The molecule has 1 aliphatic carbocycles. The number of ether oxygens (including phenoxy) is 1. The quantitative estimate of drug-likeness (QED) is 0.869. The van der Waals surface area contributed by atoms with Crippen molar-refractivity contribution in [1.29, 1.82) is 0 Å². The van der Waals surface area contributed by atoms with Crippen LogP contribution in [-0.4, -0.2) is 35.4 Å². The minimum absolute atomic E-state index is 0.0654. The van der Waals surface area contributed by atoms with Crippen molar-refractivity contribution in [2.45, 2.75) is 32.4 Å². The number of hydrogen-bond donors (Lipinski definition) is 1. The van der Waals surface area contributed by atoms with Gasteiger partial charge in [-0.2, -0.15) is 0 Å². The number of nitrogens with zero attached hydrogens (tertiary/aromatic N) is 1. The van der Waals surface area contributed by atoms with E-state index < -0.39 is 0 Å². The van der Waals surface area contributed by atoms with E-state index in [-0.39, 0.29) is 19.3 Å². The van der Waals surface area contributed by atoms with Gasteiger partial charge in [-0.1, -0.05) is 29.8 Å². The van der Waals surface area contributed by atoms with Gasteiger partial charge < -0.3 is 14.7 Å². The van der Waals surface area contributed by atoms with Gasteiger partial charge in [-0.25, -0.2) is 4.79 Å². The minimum Gasteiger partial charge on any atom is -0.447 e. The van der Waals surface area contributed by atoms with Crippen LogP contribution < -0.4 is 0 Å². The number of amides is 1. The lowest BCUT2D eigenvalue weighted by atomic mass is 10.1. The van der Waals surface area contributed by atoms with Gasteiger partial charge in [-0.05, 0) is 25.3 Å². The molecule has 1 saturated carbocycles. The van der Waals surface area contributed by atoms with Crippen LogP contribution >= 0.6 is 0 Å². The summed E-state index contributed by atoms with van der Waals surface area (Å²) in [7, 11) is 0. The monoisotopic (exact) mass is 249 g/mol. The van der Waals surface area contributed by atoms with Crippen molar-refractivity contribution in [3.63, 3.8) is 0 Å². The number of hydrogen-bond acceptors (Lipinski definition) is 3. The van der Waals surface area contributed by atoms with Crippen LogP contribution in [0, 0.1) is 6.92 Å². The summed E-state index contributed by atoms with van der Waals surface area (Å²) in [5.74, 6) is 0. The second kappa shape index (κ2) is 5.87. The fraction of sp³-hybridized carbons (Fsp3) is 0.500. The third kappa shape index (κ3) is 3.47. The molecule has 1 aliphatic rings. The zero-order valence-electron chi connectivity index (χ0n) is 10.6. The molecule has 0 spiro atoms. The van der Waals surface area contributed by atoms with Crippen molar-refractivity contribution in [3.8, 4) is 0 Å². The molecule has 1 fully saturated rings. The van der Waals surface area contributed by atoms with Crippen molar-refractivity contribution >= 4 is 6.09 Å². The summed E-state index contributed by atoms with van der Waals surface area (Å²) in [6.45, 7) is 2.55. The van der Waals surface area contributed by atoms with E-state index in [9.17, 15) is 4.79 Å². The van der Waals surface area contributed by atoms with Crippen molar-refractivity contribution in [2.24, 2.45) is 0 Å². The highest BCUT2D eigenvalue weighted by molar-refractivity contribution is 5.68. The predicted octanol–water partition coefficient (Wildman–Crippen LogP) is 2.09. The van der Waals surface area contributed by atoms with Gasteiger partial charge in [0, 0.05) is 12.6 Å². The molecule has 0 radical (unpaired) electrons. The first-order chi connectivity index (χ1) is 8.70. The van der Waals surface area contributed by atoms with Gasteiger partial charge in [0.2, 0.25) is 0 Å². The van der Waals surface area contributed by atoms with Gasteiger partial charge in [0.05, 0.1) is 6.61 Å². The average Bonchev–Trinajstić information content (AvgIpc) is 3.19. The molecular formula is C14H19NO3. The third-order valence-corrected chi connectivity index (χ3v) is 3.01. The molecule has 0 atom stereocenters. The number of aryl methyl sites for hydroxylation is 1. The van der Waals surface area contributed by atoms with Gasteiger partial charge in [0.25, 0.3) is 0 Å². The largest absolute Gasteiger partial charge is 0.447 e. The number of aliphatic hydroxyl groups is 1. The summed E-state index contributed by atoms with van der Waals surface area (Å²) in [4.78, 5) is 13.6. The maximum absolute atomic E-state index is 11.8. The summed E-state index contributed by atoms with van der Waals surface area (Å²) in [6.07, 6.45) is 1.76. The highest BCUT2D eigenvalue weighted by atomic mass is 16.6. The molecule has 0 aromatic heterocycles. The summed E-state index contributed by atoms with van der Waals surface area (Å²) in [5.41, 5.74) is 2.31. The Morgan fingerprint density at radius 1 is 1.39 bits per heavy atom. The van der Waals surface area contributed by atoms with Crippen LogP contribution in [0.2, 0.25) is 0 Å². The zero-order valence-corrected chi connectivity index (χ0v) is 10.6. The van der Waals surface area contributed by atoms with Crippen LogP contribution in [0.3, 0.4) is 0 Å². The van der Waals surface area contributed by atoms with Crippen LogP contribution in [0.1, 0.15) is 24.0 Å². The van der Waals surface area contributed by atoms with Gasteiger partial charge in [-0.15, -0.1) is 0 Å². The molecular weight excluding hydrogens is 230 g/mol. The molecule has 0 saturated heterocycles. The first-order valence-corrected chi connectivity index (χ1v) is 6.30. The Morgan fingerprint density at radius 3 is 2.61 bits per heavy atom. The molecule has 1 N–H and O–H groups in total. The Labute approximate surface area is 107 Å². The fourth-order valence-electron chi connectivity index (χ4n) is 1.83. The molecule has 1 aromatic carbocycles. The standard InChI is InChI=1S/C14H19NO3/c1-11-2-4-12(5-3-11)10-15(13-6-7-13)14(17)18-9-8-16/h2-5,13,16H,6-10H2,1H3. The van der Waals surface area contributed by atoms with E-state index in [0.717, 1.165) is 18.4 Å². The van der Waals surface area contributed by atoms with E-state index in [0.29, 0.717) is 12.6 Å². The number of rotatable bonds is 5. The molecule has 4 nitrogen and oxygen atoms in total. The van der Waals surface area contributed by atoms with Crippen molar-refractivity contribution < 1.29 is 14.6 Å². The Morgan fingerprint density at radius 2 is 2.06 bits per heavy atom. The molecule has 2 rings (SSSR count). The molecule has 98 valence electrons. The second-order valence-corrected chi connectivity index (χ2v) is 4.68. The highest BCUT2D eigenvalue weighted by Gasteiger charge is 2.33. The predicted molar refractivity (Wildman–Crippen MR) is 68.2 cm³/mol. The Hall–Kier alpha value is -1.55. The number of benzene rings is 1. The van der Waals surface area contributed by atoms with Gasteiger partial charge in [-0.3, -0.25) is 0 Å². The van der Waals surface area contributed by atoms with Crippen LogP contribution in [0.5, 0.6) is 0 Å². The summed E-state index contributed by atoms with van der Waals surface area (Å²) >= 11 is 0. The summed E-state index contributed by atoms with van der Waals surface area (Å²) in [6, 6.07) is 8.45. The molecule has 18 heavy (non-hydrogen) atoms. The van der Waals surface area contributed by atoms with Gasteiger partial charge >= 0.3 is 6.09 Å². The summed E-state index contributed by atoms with van der Waals surface area (Å²) in [5, 5.41) is 8.68. The molecule has 0 heterocycles. The third-order valence-electron chi connectivity index (χ3n) is 3.01. The van der Waals surface area contributed by atoms with Gasteiger partial charge in [0.15, 0.2) is 0 Å². The normalized spacial score (nSPS) is 14.3. The fourth-order valence-corrected chi connectivity index (χ4v) is 1.83. The Kier molecular flexibility index (Phi) is 4.20. The number of carbonyl (C=O) groups excluding carboxylic acids is 1. The second-order valence-electron chi connectivity index (χ2n) is 4.68. The smallest absolute Gasteiger partial charge is 0.410 e. The van der Waals surface area contributed by atoms with E-state index in [1.54, 1.807) is 4.90 Å². The van der Waals surface area contributed by atoms with Crippen LogP contribution in [0.25, 0.3) is 0 Å². The topological polar surface area (TPSA) is 49.8 Å². The zero-order chi connectivity index (χ0) is 13.0. The van der Waals surface area contributed by atoms with E-state index in [4.69, 9.17) is 9.84 Å². The van der Waals surface area contributed by atoms with E-state index in [2.05, 4.69) is 0 Å². The first kappa shape index (κ1) is 12.9. The Bertz CT molecular complexity index is 398. The molecule has 1 aromatic rings. The highest BCUT2D eigenvalue weighted by Crippen LogP contribution is 2.29. The molecule has 0 bridgehead atoms. The maximum atomic E-state index is 11.8. The van der Waals surface area contributed by atoms with Crippen LogP contribution in [0.4, 0.5) is 4.79 Å². The molecule has 0 unspecified atom stereocenters. The lowest BCUT2D eigenvalue weighted by molar-refractivity contribution is 0.0797. The minimum atomic E-state index is -0.327. The van der Waals surface area contributed by atoms with E-state index >= 15 is 0 Å². The van der Waals surface area contributed by atoms with Crippen molar-refractivity contribution in [3.05, 3.63) is 35.4 Å². The van der Waals surface area contributed by atoms with Crippen molar-refractivity contribution in [2.75, 3.05) is 13.2 Å². The average molecular weight is 249 g/mol. The van der Waals surface area contributed by atoms with Crippen LogP contribution in [0.15, 0.2) is 24.3 Å². The molecule has 0 aliphatic heterocycles. The molecule has 1 amide bonds. The van der Waals surface area contributed by atoms with E-state index in [1.165, 1.54) is 5.56 Å². The first-order valence-electron chi connectivity index (χ1n) is 6.30. The SMILES string of the molecule is Cc1ccc(CN(C(=O)OCCO)C2CC2)cc1. The van der Waals surface area contributed by atoms with Crippen molar-refractivity contribution in [1.82, 2.24) is 4.90 Å². The lowest BCUT2D eigenvalue weighted by Gasteiger charge is -2.21. The Balaban J connectivity index is 1.97. The van der Waals surface area contributed by atoms with Gasteiger partial charge in [0.1, 0.15) is 6.61 Å². The summed E-state index contributed by atoms with van der Waals surface area (Å²) < 4.78 is 4.99. The van der Waals surface area contributed by atoms with E-state index in [1.807, 2.05) is 31.2 Å². The number of carbonyl (C=O) groups is 1. The number of aliphatic hydroxyl groups excluding tert-OH is 1. The van der Waals surface area contributed by atoms with Crippen LogP contribution in [-0.2, 0) is 11.3 Å². The lowest BCUT2D eigenvalue weighted by Crippen LogP contribution is -2.33. The molecule has 4 heteroatoms.